The van der Waals surface area contributed by atoms with E-state index in [2.05, 4.69) is 15.5 Å². The highest BCUT2D eigenvalue weighted by molar-refractivity contribution is 8.00. The van der Waals surface area contributed by atoms with Gasteiger partial charge in [0.1, 0.15) is 0 Å². The Morgan fingerprint density at radius 2 is 2.04 bits per heavy atom. The first kappa shape index (κ1) is 16.3. The summed E-state index contributed by atoms with van der Waals surface area (Å²) in [4.78, 5) is 12.3. The van der Waals surface area contributed by atoms with Gasteiger partial charge in [-0.3, -0.25) is 4.79 Å². The Morgan fingerprint density at radius 3 is 2.88 bits per heavy atom. The molecule has 1 aromatic heterocycles. The maximum Gasteiger partial charge on any atom is 0.277 e. The molecule has 25 heavy (non-hydrogen) atoms. The normalized spacial score (nSPS) is 17.6. The minimum atomic E-state index is -0.286. The number of rotatable bonds is 5. The molecule has 2 aliphatic rings. The number of hydrogen-bond acceptors (Lipinski definition) is 7. The van der Waals surface area contributed by atoms with Crippen molar-refractivity contribution < 1.29 is 18.7 Å². The highest BCUT2D eigenvalue weighted by Gasteiger charge is 2.23. The highest BCUT2D eigenvalue weighted by Crippen LogP contribution is 2.36. The van der Waals surface area contributed by atoms with Gasteiger partial charge in [-0.05, 0) is 38.0 Å². The van der Waals surface area contributed by atoms with Crippen LogP contribution in [0, 0.1) is 0 Å². The largest absolute Gasteiger partial charge is 0.454 e. The van der Waals surface area contributed by atoms with Gasteiger partial charge in [-0.25, -0.2) is 0 Å². The van der Waals surface area contributed by atoms with E-state index in [-0.39, 0.29) is 18.0 Å². The molecule has 0 spiro atoms. The molecule has 8 heteroatoms. The summed E-state index contributed by atoms with van der Waals surface area (Å²) in [6.45, 7) is 2.07. The number of carbonyl (C=O) groups excluding carboxylic acids is 1. The molecule has 2 heterocycles. The smallest absolute Gasteiger partial charge is 0.277 e. The molecule has 2 aromatic rings. The average Bonchev–Trinajstić information content (AvgIpc) is 3.35. The minimum Gasteiger partial charge on any atom is -0.454 e. The topological polar surface area (TPSA) is 86.5 Å². The van der Waals surface area contributed by atoms with Crippen LogP contribution in [-0.4, -0.2) is 34.2 Å². The molecule has 1 saturated carbocycles. The van der Waals surface area contributed by atoms with Gasteiger partial charge in [-0.2, -0.15) is 0 Å². The predicted molar refractivity (Wildman–Crippen MR) is 91.6 cm³/mol. The fourth-order valence-corrected chi connectivity index (χ4v) is 3.69. The lowest BCUT2D eigenvalue weighted by molar-refractivity contribution is -0.120. The second-order valence-corrected chi connectivity index (χ2v) is 7.48. The number of nitrogens with one attached hydrogen (secondary N) is 1. The van der Waals surface area contributed by atoms with Crippen LogP contribution in [-0.2, 0) is 4.79 Å². The van der Waals surface area contributed by atoms with Crippen LogP contribution in [0.15, 0.2) is 27.8 Å². The molecule has 1 fully saturated rings. The van der Waals surface area contributed by atoms with Crippen molar-refractivity contribution in [2.75, 3.05) is 6.79 Å². The lowest BCUT2D eigenvalue weighted by Crippen LogP contribution is -2.37. The number of ether oxygens (including phenoxy) is 2. The standard InChI is InChI=1S/C17H19N3O4S/c1-10(15(21)18-12-4-2-3-5-12)25-17-20-19-16(24-17)11-6-7-13-14(8-11)23-9-22-13/h6-8,10,12H,2-5,9H2,1H3,(H,18,21)/t10-/m0/s1. The van der Waals surface area contributed by atoms with Crippen LogP contribution in [0.3, 0.4) is 0 Å². The van der Waals surface area contributed by atoms with Gasteiger partial charge in [-0.15, -0.1) is 10.2 Å². The molecule has 0 unspecified atom stereocenters. The van der Waals surface area contributed by atoms with Crippen molar-refractivity contribution in [2.24, 2.45) is 0 Å². The number of hydrogen-bond donors (Lipinski definition) is 1. The second kappa shape index (κ2) is 6.95. The fraction of sp³-hybridized carbons (Fsp3) is 0.471. The first-order valence-electron chi connectivity index (χ1n) is 8.39. The second-order valence-electron chi connectivity index (χ2n) is 6.19. The molecule has 0 saturated heterocycles. The summed E-state index contributed by atoms with van der Waals surface area (Å²) < 4.78 is 16.3. The number of nitrogens with zero attached hydrogens (tertiary/aromatic N) is 2. The van der Waals surface area contributed by atoms with Gasteiger partial charge >= 0.3 is 0 Å². The maximum atomic E-state index is 12.3. The van der Waals surface area contributed by atoms with E-state index in [0.29, 0.717) is 28.7 Å². The van der Waals surface area contributed by atoms with Gasteiger partial charge in [0.2, 0.25) is 18.6 Å². The van der Waals surface area contributed by atoms with Crippen LogP contribution in [0.25, 0.3) is 11.5 Å². The van der Waals surface area contributed by atoms with Crippen LogP contribution < -0.4 is 14.8 Å². The summed E-state index contributed by atoms with van der Waals surface area (Å²) in [5.74, 6) is 1.77. The summed E-state index contributed by atoms with van der Waals surface area (Å²) >= 11 is 1.27. The molecule has 132 valence electrons. The highest BCUT2D eigenvalue weighted by atomic mass is 32.2. The molecule has 0 radical (unpaired) electrons. The lowest BCUT2D eigenvalue weighted by Gasteiger charge is -2.14. The number of thioether (sulfide) groups is 1. The van der Waals surface area contributed by atoms with Crippen molar-refractivity contribution in [2.45, 2.75) is 49.1 Å². The van der Waals surface area contributed by atoms with Crippen LogP contribution >= 0.6 is 11.8 Å². The monoisotopic (exact) mass is 361 g/mol. The quantitative estimate of drug-likeness (QED) is 0.819. The zero-order chi connectivity index (χ0) is 17.2. The van der Waals surface area contributed by atoms with E-state index in [4.69, 9.17) is 13.9 Å². The molecule has 1 amide bonds. The summed E-state index contributed by atoms with van der Waals surface area (Å²) in [6.07, 6.45) is 4.51. The summed E-state index contributed by atoms with van der Waals surface area (Å²) in [6, 6.07) is 5.76. The number of fused-ring (bicyclic) bond motifs is 1. The number of benzene rings is 1. The molecular formula is C17H19N3O4S. The Hall–Kier alpha value is -2.22. The van der Waals surface area contributed by atoms with Crippen molar-refractivity contribution in [1.82, 2.24) is 15.5 Å². The van der Waals surface area contributed by atoms with Crippen LogP contribution in [0.1, 0.15) is 32.6 Å². The summed E-state index contributed by atoms with van der Waals surface area (Å²) in [5.41, 5.74) is 0.756. The SMILES string of the molecule is C[C@H](Sc1nnc(-c2ccc3c(c2)OCO3)o1)C(=O)NC1CCCC1. The van der Waals surface area contributed by atoms with Gasteiger partial charge in [0, 0.05) is 11.6 Å². The van der Waals surface area contributed by atoms with Crippen molar-refractivity contribution in [3.63, 3.8) is 0 Å². The average molecular weight is 361 g/mol. The van der Waals surface area contributed by atoms with Crippen LogP contribution in [0.4, 0.5) is 0 Å². The Bertz CT molecular complexity index is 773. The third-order valence-corrected chi connectivity index (χ3v) is 5.31. The van der Waals surface area contributed by atoms with Crippen molar-refractivity contribution >= 4 is 17.7 Å². The van der Waals surface area contributed by atoms with Crippen LogP contribution in [0.5, 0.6) is 11.5 Å². The molecule has 7 nitrogen and oxygen atoms in total. The van der Waals surface area contributed by atoms with E-state index in [0.717, 1.165) is 18.4 Å². The molecule has 1 aromatic carbocycles. The third kappa shape index (κ3) is 3.58. The van der Waals surface area contributed by atoms with Gasteiger partial charge in [-0.1, -0.05) is 24.6 Å². The number of amides is 1. The van der Waals surface area contributed by atoms with Gasteiger partial charge in [0.15, 0.2) is 11.5 Å². The predicted octanol–water partition coefficient (Wildman–Crippen LogP) is 3.00. The van der Waals surface area contributed by atoms with Crippen molar-refractivity contribution in [3.8, 4) is 23.0 Å². The molecule has 1 atom stereocenters. The number of carbonyl (C=O) groups is 1. The van der Waals surface area contributed by atoms with Crippen LogP contribution in [0.2, 0.25) is 0 Å². The van der Waals surface area contributed by atoms with Crippen molar-refractivity contribution in [1.29, 1.82) is 0 Å². The van der Waals surface area contributed by atoms with E-state index in [1.54, 1.807) is 6.07 Å². The zero-order valence-electron chi connectivity index (χ0n) is 13.9. The third-order valence-electron chi connectivity index (χ3n) is 4.37. The Morgan fingerprint density at radius 1 is 1.24 bits per heavy atom. The zero-order valence-corrected chi connectivity index (χ0v) is 14.7. The first-order chi connectivity index (χ1) is 12.2. The lowest BCUT2D eigenvalue weighted by atomic mass is 10.2. The molecular weight excluding hydrogens is 342 g/mol. The van der Waals surface area contributed by atoms with E-state index in [1.165, 1.54) is 24.6 Å². The number of aromatic nitrogens is 2. The van der Waals surface area contributed by atoms with E-state index >= 15 is 0 Å². The van der Waals surface area contributed by atoms with Gasteiger partial charge in [0.05, 0.1) is 5.25 Å². The van der Waals surface area contributed by atoms with E-state index in [9.17, 15) is 4.79 Å². The molecule has 4 rings (SSSR count). The van der Waals surface area contributed by atoms with Gasteiger partial charge in [0.25, 0.3) is 5.22 Å². The molecule has 1 N–H and O–H groups in total. The first-order valence-corrected chi connectivity index (χ1v) is 9.27. The van der Waals surface area contributed by atoms with E-state index < -0.39 is 0 Å². The summed E-state index contributed by atoms with van der Waals surface area (Å²) in [5, 5.41) is 11.3. The van der Waals surface area contributed by atoms with Crippen molar-refractivity contribution in [3.05, 3.63) is 18.2 Å². The Kier molecular flexibility index (Phi) is 4.52. The summed E-state index contributed by atoms with van der Waals surface area (Å²) in [7, 11) is 0. The molecule has 1 aliphatic heterocycles. The van der Waals surface area contributed by atoms with E-state index in [1.807, 2.05) is 19.1 Å². The fourth-order valence-electron chi connectivity index (χ4n) is 3.00. The minimum absolute atomic E-state index is 0.0136. The maximum absolute atomic E-state index is 12.3. The van der Waals surface area contributed by atoms with Gasteiger partial charge < -0.3 is 19.2 Å². The Balaban J connectivity index is 1.40. The molecule has 0 bridgehead atoms. The molecule has 1 aliphatic carbocycles. The Labute approximate surface area is 149 Å².